The molecule has 1 fully saturated rings. The minimum atomic E-state index is 0. The third-order valence-electron chi connectivity index (χ3n) is 4.82. The van der Waals surface area contributed by atoms with Crippen LogP contribution in [-0.2, 0) is 0 Å². The van der Waals surface area contributed by atoms with Crippen LogP contribution in [0.25, 0.3) is 0 Å². The zero-order valence-electron chi connectivity index (χ0n) is 15.1. The van der Waals surface area contributed by atoms with E-state index in [4.69, 9.17) is 9.41 Å². The van der Waals surface area contributed by atoms with Crippen molar-refractivity contribution in [3.8, 4) is 0 Å². The van der Waals surface area contributed by atoms with Gasteiger partial charge in [-0.15, -0.1) is 24.0 Å². The Bertz CT molecular complexity index is 530. The quantitative estimate of drug-likeness (QED) is 0.296. The van der Waals surface area contributed by atoms with Crippen LogP contribution >= 0.6 is 24.0 Å². The molecule has 1 aromatic rings. The zero-order chi connectivity index (χ0) is 16.6. The van der Waals surface area contributed by atoms with Gasteiger partial charge in [-0.3, -0.25) is 9.89 Å². The van der Waals surface area contributed by atoms with Crippen LogP contribution in [0.3, 0.4) is 0 Å². The second-order valence-corrected chi connectivity index (χ2v) is 6.63. The Hall–Kier alpha value is -1.02. The molecular formula is C19H31IN4O. The van der Waals surface area contributed by atoms with Gasteiger partial charge in [0.05, 0.1) is 18.8 Å². The van der Waals surface area contributed by atoms with E-state index < -0.39 is 0 Å². The van der Waals surface area contributed by atoms with Crippen LogP contribution in [0.5, 0.6) is 0 Å². The van der Waals surface area contributed by atoms with Gasteiger partial charge in [0.15, 0.2) is 5.96 Å². The molecule has 6 heteroatoms. The largest absolute Gasteiger partial charge is 0.468 e. The number of aliphatic imine (C=N–C) groups is 1. The normalized spacial score (nSPS) is 20.3. The van der Waals surface area contributed by atoms with Crippen LogP contribution in [0.2, 0.25) is 0 Å². The Balaban J connectivity index is 0.00000225. The zero-order valence-corrected chi connectivity index (χ0v) is 17.4. The number of guanidine groups is 1. The average Bonchev–Trinajstić information content (AvgIpc) is 3.30. The molecule has 0 amide bonds. The number of piperidine rings is 1. The molecule has 5 nitrogen and oxygen atoms in total. The van der Waals surface area contributed by atoms with E-state index in [9.17, 15) is 0 Å². The monoisotopic (exact) mass is 458 g/mol. The van der Waals surface area contributed by atoms with Crippen molar-refractivity contribution in [3.63, 3.8) is 0 Å². The summed E-state index contributed by atoms with van der Waals surface area (Å²) in [5, 5.41) is 6.92. The van der Waals surface area contributed by atoms with Crippen LogP contribution in [0.4, 0.5) is 0 Å². The van der Waals surface area contributed by atoms with E-state index in [1.54, 1.807) is 6.26 Å². The predicted molar refractivity (Wildman–Crippen MR) is 114 cm³/mol. The van der Waals surface area contributed by atoms with Crippen molar-refractivity contribution in [1.82, 2.24) is 15.5 Å². The molecule has 2 N–H and O–H groups in total. The fourth-order valence-electron chi connectivity index (χ4n) is 3.52. The summed E-state index contributed by atoms with van der Waals surface area (Å²) in [6.45, 7) is 5.98. The molecule has 1 saturated heterocycles. The molecule has 0 radical (unpaired) electrons. The summed E-state index contributed by atoms with van der Waals surface area (Å²) in [7, 11) is 0. The van der Waals surface area contributed by atoms with Gasteiger partial charge in [-0.25, -0.2) is 0 Å². The lowest BCUT2D eigenvalue weighted by Crippen LogP contribution is -2.43. The summed E-state index contributed by atoms with van der Waals surface area (Å²) in [6.07, 6.45) is 12.3. The number of hydrogen-bond acceptors (Lipinski definition) is 3. The van der Waals surface area contributed by atoms with Crippen LogP contribution in [0.1, 0.15) is 50.8 Å². The Morgan fingerprint density at radius 1 is 1.28 bits per heavy atom. The minimum absolute atomic E-state index is 0. The maximum Gasteiger partial charge on any atom is 0.191 e. The number of nitrogens with one attached hydrogen (secondary N) is 2. The van der Waals surface area contributed by atoms with Gasteiger partial charge in [-0.2, -0.15) is 0 Å². The topological polar surface area (TPSA) is 52.8 Å². The molecule has 3 rings (SSSR count). The number of halogens is 1. The SMILES string of the molecule is CCNC(=NCC(c1ccco1)N1CCCCC1)NC1CC=CC1.I. The third-order valence-corrected chi connectivity index (χ3v) is 4.82. The predicted octanol–water partition coefficient (Wildman–Crippen LogP) is 3.70. The van der Waals surface area contributed by atoms with Crippen LogP contribution in [-0.4, -0.2) is 43.1 Å². The molecule has 1 aliphatic carbocycles. The Morgan fingerprint density at radius 2 is 2.04 bits per heavy atom. The van der Waals surface area contributed by atoms with Crippen LogP contribution in [0.15, 0.2) is 40.0 Å². The molecule has 0 bridgehead atoms. The number of likely N-dealkylation sites (tertiary alicyclic amines) is 1. The van der Waals surface area contributed by atoms with Crippen molar-refractivity contribution in [2.75, 3.05) is 26.2 Å². The van der Waals surface area contributed by atoms with Crippen molar-refractivity contribution in [2.45, 2.75) is 51.1 Å². The second kappa shape index (κ2) is 10.9. The van der Waals surface area contributed by atoms with Gasteiger partial charge in [0, 0.05) is 12.6 Å². The van der Waals surface area contributed by atoms with E-state index >= 15 is 0 Å². The van der Waals surface area contributed by atoms with Crippen molar-refractivity contribution >= 4 is 29.9 Å². The van der Waals surface area contributed by atoms with E-state index in [1.165, 1.54) is 19.3 Å². The summed E-state index contributed by atoms with van der Waals surface area (Å²) in [4.78, 5) is 7.39. The summed E-state index contributed by atoms with van der Waals surface area (Å²) in [6, 6.07) is 4.76. The van der Waals surface area contributed by atoms with E-state index in [-0.39, 0.29) is 30.0 Å². The highest BCUT2D eigenvalue weighted by Gasteiger charge is 2.24. The van der Waals surface area contributed by atoms with E-state index in [0.717, 1.165) is 50.7 Å². The van der Waals surface area contributed by atoms with Gasteiger partial charge in [0.25, 0.3) is 0 Å². The first-order chi connectivity index (χ1) is 11.9. The highest BCUT2D eigenvalue weighted by molar-refractivity contribution is 14.0. The molecule has 2 heterocycles. The fraction of sp³-hybridized carbons (Fsp3) is 0.632. The molecule has 140 valence electrons. The van der Waals surface area contributed by atoms with Gasteiger partial charge in [0.2, 0.25) is 0 Å². The van der Waals surface area contributed by atoms with Crippen molar-refractivity contribution < 1.29 is 4.42 Å². The molecule has 1 aromatic heterocycles. The van der Waals surface area contributed by atoms with E-state index in [2.05, 4.69) is 40.7 Å². The fourth-order valence-corrected chi connectivity index (χ4v) is 3.52. The molecule has 0 spiro atoms. The standard InChI is InChI=1S/C19H30N4O.HI/c1-2-20-19(22-16-9-4-5-10-16)21-15-17(18-11-8-14-24-18)23-12-6-3-7-13-23;/h4-5,8,11,14,16-17H,2-3,6-7,9-10,12-13,15H2,1H3,(H2,20,21,22);1H. The molecular weight excluding hydrogens is 427 g/mol. The molecule has 0 aromatic carbocycles. The van der Waals surface area contributed by atoms with Gasteiger partial charge in [-0.1, -0.05) is 18.6 Å². The molecule has 2 aliphatic rings. The van der Waals surface area contributed by atoms with Crippen molar-refractivity contribution in [3.05, 3.63) is 36.3 Å². The van der Waals surface area contributed by atoms with Gasteiger partial charge in [-0.05, 0) is 57.8 Å². The molecule has 0 saturated carbocycles. The third kappa shape index (κ3) is 6.02. The summed E-state index contributed by atoms with van der Waals surface area (Å²) >= 11 is 0. The minimum Gasteiger partial charge on any atom is -0.468 e. The van der Waals surface area contributed by atoms with Gasteiger partial charge < -0.3 is 15.1 Å². The first-order valence-corrected chi connectivity index (χ1v) is 9.34. The lowest BCUT2D eigenvalue weighted by Gasteiger charge is -2.32. The highest BCUT2D eigenvalue weighted by Crippen LogP contribution is 2.25. The number of furan rings is 1. The number of nitrogens with zero attached hydrogens (tertiary/aromatic N) is 2. The van der Waals surface area contributed by atoms with Gasteiger partial charge in [0.1, 0.15) is 5.76 Å². The van der Waals surface area contributed by atoms with Crippen molar-refractivity contribution in [1.29, 1.82) is 0 Å². The van der Waals surface area contributed by atoms with Crippen LogP contribution in [0, 0.1) is 0 Å². The average molecular weight is 458 g/mol. The van der Waals surface area contributed by atoms with Crippen LogP contribution < -0.4 is 10.6 Å². The second-order valence-electron chi connectivity index (χ2n) is 6.63. The van der Waals surface area contributed by atoms with E-state index in [0.29, 0.717) is 6.04 Å². The van der Waals surface area contributed by atoms with Gasteiger partial charge >= 0.3 is 0 Å². The molecule has 1 aliphatic heterocycles. The smallest absolute Gasteiger partial charge is 0.191 e. The molecule has 1 atom stereocenters. The number of hydrogen-bond donors (Lipinski definition) is 2. The number of rotatable bonds is 6. The lowest BCUT2D eigenvalue weighted by atomic mass is 10.1. The maximum absolute atomic E-state index is 5.71. The maximum atomic E-state index is 5.71. The summed E-state index contributed by atoms with van der Waals surface area (Å²) in [5.74, 6) is 1.94. The first-order valence-electron chi connectivity index (χ1n) is 9.34. The van der Waals surface area contributed by atoms with E-state index in [1.807, 2.05) is 6.07 Å². The lowest BCUT2D eigenvalue weighted by molar-refractivity contribution is 0.150. The summed E-state index contributed by atoms with van der Waals surface area (Å²) < 4.78 is 5.71. The Labute approximate surface area is 168 Å². The Morgan fingerprint density at radius 3 is 2.68 bits per heavy atom. The first kappa shape index (κ1) is 20.3. The molecule has 1 unspecified atom stereocenters. The summed E-state index contributed by atoms with van der Waals surface area (Å²) in [5.41, 5.74) is 0. The Kier molecular flexibility index (Phi) is 8.81. The highest BCUT2D eigenvalue weighted by atomic mass is 127. The molecule has 25 heavy (non-hydrogen) atoms. The van der Waals surface area contributed by atoms with Crippen molar-refractivity contribution in [2.24, 2.45) is 4.99 Å².